The predicted molar refractivity (Wildman–Crippen MR) is 62.1 cm³/mol. The molecule has 0 aliphatic heterocycles. The van der Waals surface area contributed by atoms with Crippen molar-refractivity contribution < 1.29 is 0 Å². The minimum absolute atomic E-state index is 0.406. The van der Waals surface area contributed by atoms with Gasteiger partial charge in [0.15, 0.2) is 0 Å². The third kappa shape index (κ3) is 4.13. The van der Waals surface area contributed by atoms with E-state index in [0.717, 1.165) is 17.9 Å². The maximum absolute atomic E-state index is 5.47. The fourth-order valence-corrected chi connectivity index (χ4v) is 2.62. The molecule has 0 bridgehead atoms. The van der Waals surface area contributed by atoms with E-state index in [-0.39, 0.29) is 0 Å². The summed E-state index contributed by atoms with van der Waals surface area (Å²) >= 11 is 3.72. The van der Waals surface area contributed by atoms with Gasteiger partial charge >= 0.3 is 0 Å². The molecule has 1 atom stereocenters. The first-order chi connectivity index (χ1) is 6.36. The number of rotatable bonds is 6. The van der Waals surface area contributed by atoms with Crippen LogP contribution in [0.1, 0.15) is 11.8 Å². The standard InChI is InChI=1S/C9H16N2S2/c1-2-12-7-8(11-10)6-9-4-3-5-13-9/h3-5,8,11H,2,6-7,10H2,1H3. The molecule has 1 heterocycles. The average molecular weight is 216 g/mol. The van der Waals surface area contributed by atoms with E-state index in [0.29, 0.717) is 6.04 Å². The molecule has 1 unspecified atom stereocenters. The molecule has 0 amide bonds. The molecule has 0 radical (unpaired) electrons. The van der Waals surface area contributed by atoms with Crippen LogP contribution in [0.2, 0.25) is 0 Å². The molecular formula is C9H16N2S2. The molecule has 74 valence electrons. The van der Waals surface area contributed by atoms with Crippen LogP contribution < -0.4 is 11.3 Å². The highest BCUT2D eigenvalue weighted by molar-refractivity contribution is 7.99. The quantitative estimate of drug-likeness (QED) is 0.563. The van der Waals surface area contributed by atoms with Crippen LogP contribution in [0.25, 0.3) is 0 Å². The molecule has 3 N–H and O–H groups in total. The Morgan fingerprint density at radius 2 is 2.54 bits per heavy atom. The van der Waals surface area contributed by atoms with E-state index >= 15 is 0 Å². The van der Waals surface area contributed by atoms with Gasteiger partial charge in [0.05, 0.1) is 0 Å². The number of hydrogen-bond acceptors (Lipinski definition) is 4. The highest BCUT2D eigenvalue weighted by Crippen LogP contribution is 2.13. The highest BCUT2D eigenvalue weighted by atomic mass is 32.2. The van der Waals surface area contributed by atoms with Gasteiger partial charge in [0.25, 0.3) is 0 Å². The maximum atomic E-state index is 5.47. The second-order valence-corrected chi connectivity index (χ2v) is 5.16. The molecule has 0 aromatic carbocycles. The van der Waals surface area contributed by atoms with Crippen LogP contribution in [0.5, 0.6) is 0 Å². The third-order valence-corrected chi connectivity index (χ3v) is 3.73. The molecule has 1 aromatic rings. The lowest BCUT2D eigenvalue weighted by Gasteiger charge is -2.13. The van der Waals surface area contributed by atoms with Crippen LogP contribution in [-0.4, -0.2) is 17.5 Å². The summed E-state index contributed by atoms with van der Waals surface area (Å²) in [5, 5.41) is 2.11. The molecule has 0 saturated carbocycles. The summed E-state index contributed by atoms with van der Waals surface area (Å²) in [6, 6.07) is 4.65. The second-order valence-electron chi connectivity index (χ2n) is 2.81. The van der Waals surface area contributed by atoms with Gasteiger partial charge in [0, 0.05) is 16.7 Å². The van der Waals surface area contributed by atoms with E-state index in [9.17, 15) is 0 Å². The Kier molecular flexibility index (Phi) is 5.46. The van der Waals surface area contributed by atoms with Crippen molar-refractivity contribution in [1.29, 1.82) is 0 Å². The van der Waals surface area contributed by atoms with Crippen molar-refractivity contribution in [2.75, 3.05) is 11.5 Å². The average Bonchev–Trinajstić information content (AvgIpc) is 2.64. The largest absolute Gasteiger partial charge is 0.271 e. The molecule has 13 heavy (non-hydrogen) atoms. The van der Waals surface area contributed by atoms with E-state index in [2.05, 4.69) is 29.9 Å². The van der Waals surface area contributed by atoms with Crippen molar-refractivity contribution in [2.24, 2.45) is 5.84 Å². The van der Waals surface area contributed by atoms with Gasteiger partial charge in [-0.1, -0.05) is 13.0 Å². The number of thiophene rings is 1. The lowest BCUT2D eigenvalue weighted by molar-refractivity contribution is 0.579. The normalized spacial score (nSPS) is 13.1. The third-order valence-electron chi connectivity index (χ3n) is 1.79. The molecule has 1 rings (SSSR count). The van der Waals surface area contributed by atoms with Gasteiger partial charge in [-0.15, -0.1) is 11.3 Å². The van der Waals surface area contributed by atoms with Gasteiger partial charge < -0.3 is 0 Å². The summed E-state index contributed by atoms with van der Waals surface area (Å²) in [5.74, 6) is 7.72. The molecule has 1 aromatic heterocycles. The second kappa shape index (κ2) is 6.43. The van der Waals surface area contributed by atoms with E-state index in [1.165, 1.54) is 4.88 Å². The molecule has 0 aliphatic carbocycles. The molecular weight excluding hydrogens is 200 g/mol. The first-order valence-electron chi connectivity index (χ1n) is 4.43. The van der Waals surface area contributed by atoms with E-state index in [1.54, 1.807) is 11.3 Å². The van der Waals surface area contributed by atoms with Crippen molar-refractivity contribution in [2.45, 2.75) is 19.4 Å². The summed E-state index contributed by atoms with van der Waals surface area (Å²) in [6.45, 7) is 2.17. The Balaban J connectivity index is 2.31. The Morgan fingerprint density at radius 1 is 1.69 bits per heavy atom. The molecule has 0 saturated heterocycles. The van der Waals surface area contributed by atoms with Crippen molar-refractivity contribution >= 4 is 23.1 Å². The maximum Gasteiger partial charge on any atom is 0.0349 e. The van der Waals surface area contributed by atoms with Gasteiger partial charge in [-0.3, -0.25) is 11.3 Å². The number of hydrazine groups is 1. The molecule has 0 aliphatic rings. The van der Waals surface area contributed by atoms with Crippen molar-refractivity contribution in [3.05, 3.63) is 22.4 Å². The Hall–Kier alpha value is -0.0300. The fraction of sp³-hybridized carbons (Fsp3) is 0.556. The van der Waals surface area contributed by atoms with Gasteiger partial charge in [0.2, 0.25) is 0 Å². The summed E-state index contributed by atoms with van der Waals surface area (Å²) < 4.78 is 0. The first kappa shape index (κ1) is 11.0. The van der Waals surface area contributed by atoms with Crippen LogP contribution in [0.15, 0.2) is 17.5 Å². The summed E-state index contributed by atoms with van der Waals surface area (Å²) in [7, 11) is 0. The fourth-order valence-electron chi connectivity index (χ4n) is 1.10. The van der Waals surface area contributed by atoms with Gasteiger partial charge in [-0.2, -0.15) is 11.8 Å². The summed E-state index contributed by atoms with van der Waals surface area (Å²) in [5.41, 5.74) is 2.86. The van der Waals surface area contributed by atoms with Crippen LogP contribution in [0.3, 0.4) is 0 Å². The number of nitrogens with two attached hydrogens (primary N) is 1. The molecule has 2 nitrogen and oxygen atoms in total. The van der Waals surface area contributed by atoms with Crippen LogP contribution in [-0.2, 0) is 6.42 Å². The molecule has 4 heteroatoms. The van der Waals surface area contributed by atoms with E-state index < -0.39 is 0 Å². The minimum Gasteiger partial charge on any atom is -0.271 e. The van der Waals surface area contributed by atoms with Gasteiger partial charge in [-0.25, -0.2) is 0 Å². The zero-order chi connectivity index (χ0) is 9.52. The highest BCUT2D eigenvalue weighted by Gasteiger charge is 2.07. The van der Waals surface area contributed by atoms with Crippen LogP contribution in [0, 0.1) is 0 Å². The topological polar surface area (TPSA) is 38.0 Å². The molecule has 0 fully saturated rings. The van der Waals surface area contributed by atoms with Gasteiger partial charge in [-0.05, 0) is 23.6 Å². The van der Waals surface area contributed by atoms with Gasteiger partial charge in [0.1, 0.15) is 0 Å². The zero-order valence-corrected chi connectivity index (χ0v) is 9.46. The Morgan fingerprint density at radius 3 is 3.08 bits per heavy atom. The zero-order valence-electron chi connectivity index (χ0n) is 7.82. The smallest absolute Gasteiger partial charge is 0.0349 e. The number of nitrogens with one attached hydrogen (secondary N) is 1. The lowest BCUT2D eigenvalue weighted by atomic mass is 10.2. The van der Waals surface area contributed by atoms with Crippen LogP contribution >= 0.6 is 23.1 Å². The Bertz CT molecular complexity index is 211. The van der Waals surface area contributed by atoms with Crippen molar-refractivity contribution in [3.8, 4) is 0 Å². The monoisotopic (exact) mass is 216 g/mol. The first-order valence-corrected chi connectivity index (χ1v) is 6.46. The van der Waals surface area contributed by atoms with E-state index in [1.807, 2.05) is 11.8 Å². The Labute approximate surface area is 87.9 Å². The SMILES string of the molecule is CCSCC(Cc1cccs1)NN. The predicted octanol–water partition coefficient (Wildman–Crippen LogP) is 1.88. The van der Waals surface area contributed by atoms with Crippen LogP contribution in [0.4, 0.5) is 0 Å². The summed E-state index contributed by atoms with van der Waals surface area (Å²) in [6.07, 6.45) is 1.04. The molecule has 0 spiro atoms. The lowest BCUT2D eigenvalue weighted by Crippen LogP contribution is -2.38. The number of thioether (sulfide) groups is 1. The minimum atomic E-state index is 0.406. The summed E-state index contributed by atoms with van der Waals surface area (Å²) in [4.78, 5) is 1.40. The van der Waals surface area contributed by atoms with Crippen molar-refractivity contribution in [1.82, 2.24) is 5.43 Å². The van der Waals surface area contributed by atoms with E-state index in [4.69, 9.17) is 5.84 Å². The van der Waals surface area contributed by atoms with Crippen molar-refractivity contribution in [3.63, 3.8) is 0 Å². The number of hydrogen-bond donors (Lipinski definition) is 2.